The van der Waals surface area contributed by atoms with Crippen molar-refractivity contribution in [2.24, 2.45) is 7.05 Å². The molecule has 0 aromatic carbocycles. The minimum absolute atomic E-state index is 0.698. The molecule has 0 saturated carbocycles. The number of hydrogen-bond donors (Lipinski definition) is 1. The maximum Gasteiger partial charge on any atom is 0.131 e. The smallest absolute Gasteiger partial charge is 0.131 e. The van der Waals surface area contributed by atoms with Gasteiger partial charge in [-0.05, 0) is 39.2 Å². The van der Waals surface area contributed by atoms with Crippen molar-refractivity contribution in [3.05, 3.63) is 11.3 Å². The lowest BCUT2D eigenvalue weighted by molar-refractivity contribution is 0.425. The van der Waals surface area contributed by atoms with Crippen LogP contribution in [0.25, 0.3) is 0 Å². The highest BCUT2D eigenvalue weighted by Gasteiger charge is 2.27. The van der Waals surface area contributed by atoms with Gasteiger partial charge in [0.05, 0.1) is 5.69 Å². The van der Waals surface area contributed by atoms with Gasteiger partial charge in [-0.3, -0.25) is 4.68 Å². The Labute approximate surface area is 123 Å². The lowest BCUT2D eigenvalue weighted by Crippen LogP contribution is -2.41. The van der Waals surface area contributed by atoms with Crippen LogP contribution in [0.15, 0.2) is 0 Å². The highest BCUT2D eigenvalue weighted by Crippen LogP contribution is 2.31. The van der Waals surface area contributed by atoms with Crippen LogP contribution in [0.3, 0.4) is 0 Å². The molecule has 1 saturated heterocycles. The normalized spacial score (nSPS) is 19.6. The standard InChI is InChI=1S/C16H30N4/c1-5-9-14-10-7-8-11-20(14)16-15(12-17-6-2)13(3)18-19(16)4/h14,17H,5-12H2,1-4H3. The molecule has 2 heterocycles. The first-order valence-corrected chi connectivity index (χ1v) is 8.18. The number of nitrogens with one attached hydrogen (secondary N) is 1. The largest absolute Gasteiger partial charge is 0.354 e. The van der Waals surface area contributed by atoms with Crippen LogP contribution in [0.4, 0.5) is 5.82 Å². The molecule has 114 valence electrons. The predicted octanol–water partition coefficient (Wildman–Crippen LogP) is 3.00. The summed E-state index contributed by atoms with van der Waals surface area (Å²) in [5.41, 5.74) is 2.56. The molecule has 0 aliphatic carbocycles. The molecular weight excluding hydrogens is 248 g/mol. The van der Waals surface area contributed by atoms with Gasteiger partial charge < -0.3 is 10.2 Å². The molecule has 1 atom stereocenters. The van der Waals surface area contributed by atoms with E-state index < -0.39 is 0 Å². The molecule has 1 aliphatic heterocycles. The average molecular weight is 278 g/mol. The molecule has 0 spiro atoms. The number of anilines is 1. The zero-order valence-corrected chi connectivity index (χ0v) is 13.6. The molecule has 1 aliphatic rings. The molecule has 4 heteroatoms. The van der Waals surface area contributed by atoms with Gasteiger partial charge in [0.2, 0.25) is 0 Å². The second-order valence-corrected chi connectivity index (χ2v) is 5.92. The van der Waals surface area contributed by atoms with E-state index in [2.05, 4.69) is 47.8 Å². The number of aryl methyl sites for hydroxylation is 2. The lowest BCUT2D eigenvalue weighted by Gasteiger charge is -2.38. The van der Waals surface area contributed by atoms with Gasteiger partial charge in [0, 0.05) is 31.7 Å². The second kappa shape index (κ2) is 7.11. The Morgan fingerprint density at radius 2 is 2.10 bits per heavy atom. The fourth-order valence-corrected chi connectivity index (χ4v) is 3.42. The summed E-state index contributed by atoms with van der Waals surface area (Å²) in [5, 5.41) is 8.13. The van der Waals surface area contributed by atoms with E-state index in [1.807, 2.05) is 0 Å². The number of nitrogens with zero attached hydrogens (tertiary/aromatic N) is 3. The van der Waals surface area contributed by atoms with Crippen molar-refractivity contribution in [3.63, 3.8) is 0 Å². The summed E-state index contributed by atoms with van der Waals surface area (Å²) in [6, 6.07) is 0.698. The third-order valence-corrected chi connectivity index (χ3v) is 4.39. The third kappa shape index (κ3) is 3.17. The van der Waals surface area contributed by atoms with Crippen molar-refractivity contribution < 1.29 is 0 Å². The molecule has 4 nitrogen and oxygen atoms in total. The maximum absolute atomic E-state index is 4.67. The lowest BCUT2D eigenvalue weighted by atomic mass is 9.97. The van der Waals surface area contributed by atoms with Crippen LogP contribution in [0.5, 0.6) is 0 Å². The Bertz CT molecular complexity index is 422. The summed E-state index contributed by atoms with van der Waals surface area (Å²) < 4.78 is 2.09. The molecule has 1 unspecified atom stereocenters. The topological polar surface area (TPSA) is 33.1 Å². The van der Waals surface area contributed by atoms with E-state index in [-0.39, 0.29) is 0 Å². The summed E-state index contributed by atoms with van der Waals surface area (Å²) in [7, 11) is 2.09. The Morgan fingerprint density at radius 1 is 1.30 bits per heavy atom. The van der Waals surface area contributed by atoms with Crippen molar-refractivity contribution in [2.75, 3.05) is 18.0 Å². The van der Waals surface area contributed by atoms with Crippen molar-refractivity contribution in [2.45, 2.75) is 65.5 Å². The molecule has 20 heavy (non-hydrogen) atoms. The minimum Gasteiger partial charge on any atom is -0.354 e. The van der Waals surface area contributed by atoms with Crippen molar-refractivity contribution in [1.82, 2.24) is 15.1 Å². The highest BCUT2D eigenvalue weighted by atomic mass is 15.4. The van der Waals surface area contributed by atoms with Gasteiger partial charge >= 0.3 is 0 Å². The van der Waals surface area contributed by atoms with Gasteiger partial charge in [-0.15, -0.1) is 0 Å². The molecule has 1 aromatic rings. The first-order valence-electron chi connectivity index (χ1n) is 8.18. The molecule has 1 N–H and O–H groups in total. The average Bonchev–Trinajstić information content (AvgIpc) is 2.72. The van der Waals surface area contributed by atoms with E-state index >= 15 is 0 Å². The summed E-state index contributed by atoms with van der Waals surface area (Å²) >= 11 is 0. The monoisotopic (exact) mass is 278 g/mol. The summed E-state index contributed by atoms with van der Waals surface area (Å²) in [6.07, 6.45) is 6.58. The van der Waals surface area contributed by atoms with Crippen molar-refractivity contribution >= 4 is 5.82 Å². The molecular formula is C16H30N4. The third-order valence-electron chi connectivity index (χ3n) is 4.39. The van der Waals surface area contributed by atoms with Crippen LogP contribution in [0, 0.1) is 6.92 Å². The SMILES string of the molecule is CCCC1CCCCN1c1c(CNCC)c(C)nn1C. The predicted molar refractivity (Wildman–Crippen MR) is 85.2 cm³/mol. The van der Waals surface area contributed by atoms with Crippen molar-refractivity contribution in [1.29, 1.82) is 0 Å². The zero-order valence-electron chi connectivity index (χ0n) is 13.6. The van der Waals surface area contributed by atoms with E-state index in [9.17, 15) is 0 Å². The molecule has 0 bridgehead atoms. The number of rotatable bonds is 6. The Hall–Kier alpha value is -1.03. The van der Waals surface area contributed by atoms with Gasteiger partial charge in [-0.25, -0.2) is 0 Å². The van der Waals surface area contributed by atoms with E-state index in [1.54, 1.807) is 0 Å². The van der Waals surface area contributed by atoms with Crippen LogP contribution in [-0.2, 0) is 13.6 Å². The number of hydrogen-bond acceptors (Lipinski definition) is 3. The molecule has 1 aromatic heterocycles. The highest BCUT2D eigenvalue weighted by molar-refractivity contribution is 5.51. The van der Waals surface area contributed by atoms with E-state index in [0.29, 0.717) is 6.04 Å². The fraction of sp³-hybridized carbons (Fsp3) is 0.812. The second-order valence-electron chi connectivity index (χ2n) is 5.92. The molecule has 0 radical (unpaired) electrons. The molecule has 0 amide bonds. The Morgan fingerprint density at radius 3 is 2.80 bits per heavy atom. The van der Waals surface area contributed by atoms with Gasteiger partial charge in [0.1, 0.15) is 5.82 Å². The summed E-state index contributed by atoms with van der Waals surface area (Å²) in [5.74, 6) is 1.35. The van der Waals surface area contributed by atoms with Gasteiger partial charge in [-0.2, -0.15) is 5.10 Å². The minimum atomic E-state index is 0.698. The van der Waals surface area contributed by atoms with Crippen LogP contribution >= 0.6 is 0 Å². The first-order chi connectivity index (χ1) is 9.69. The van der Waals surface area contributed by atoms with E-state index in [0.717, 1.165) is 13.1 Å². The van der Waals surface area contributed by atoms with Crippen LogP contribution in [0.1, 0.15) is 57.2 Å². The van der Waals surface area contributed by atoms with Crippen LogP contribution in [0.2, 0.25) is 0 Å². The van der Waals surface area contributed by atoms with Crippen LogP contribution in [-0.4, -0.2) is 28.9 Å². The van der Waals surface area contributed by atoms with Gasteiger partial charge in [0.25, 0.3) is 0 Å². The zero-order chi connectivity index (χ0) is 14.5. The Balaban J connectivity index is 2.28. The summed E-state index contributed by atoms with van der Waals surface area (Å²) in [6.45, 7) is 9.71. The quantitative estimate of drug-likeness (QED) is 0.868. The number of piperidine rings is 1. The van der Waals surface area contributed by atoms with Crippen molar-refractivity contribution in [3.8, 4) is 0 Å². The van der Waals surface area contributed by atoms with E-state index in [4.69, 9.17) is 0 Å². The number of aromatic nitrogens is 2. The Kier molecular flexibility index (Phi) is 5.46. The first kappa shape index (κ1) is 15.4. The van der Waals surface area contributed by atoms with Gasteiger partial charge in [-0.1, -0.05) is 20.3 Å². The fourth-order valence-electron chi connectivity index (χ4n) is 3.42. The molecule has 1 fully saturated rings. The maximum atomic E-state index is 4.67. The summed E-state index contributed by atoms with van der Waals surface area (Å²) in [4.78, 5) is 2.62. The van der Waals surface area contributed by atoms with E-state index in [1.165, 1.54) is 55.7 Å². The van der Waals surface area contributed by atoms with Crippen LogP contribution < -0.4 is 10.2 Å². The van der Waals surface area contributed by atoms with Gasteiger partial charge in [0.15, 0.2) is 0 Å². The molecule has 2 rings (SSSR count).